The van der Waals surface area contributed by atoms with Crippen LogP contribution in [0.4, 0.5) is 5.69 Å². The van der Waals surface area contributed by atoms with E-state index in [0.29, 0.717) is 0 Å². The van der Waals surface area contributed by atoms with Crippen molar-refractivity contribution >= 4 is 94.3 Å². The lowest BCUT2D eigenvalue weighted by atomic mass is 10.0. The van der Waals surface area contributed by atoms with Crippen molar-refractivity contribution in [1.82, 2.24) is 24.9 Å². The Balaban J connectivity index is 0.000000145. The average Bonchev–Trinajstić information content (AvgIpc) is 3.58. The largest absolute Gasteiger partial charge is 0.346 e. The number of aromatic amines is 2. The Hall–Kier alpha value is -3.94. The first kappa shape index (κ1) is 29.5. The van der Waals surface area contributed by atoms with Crippen molar-refractivity contribution in [3.8, 4) is 11.1 Å². The number of carbonyl (C=O) groups is 1. The SMILES string of the molecule is CC(=O)Nc1ccccc1-c1ccnc2[nH]ccc12.Cc1nc2ccccc2c2cc[nH]c3ncc1c32.O=P(Cl)(Cl)Cl. The van der Waals surface area contributed by atoms with Crippen LogP contribution in [-0.2, 0) is 9.36 Å². The number of benzene rings is 2. The molecule has 0 fully saturated rings. The third-order valence-corrected chi connectivity index (χ3v) is 6.43. The van der Waals surface area contributed by atoms with Crippen LogP contribution in [0.3, 0.4) is 0 Å². The monoisotopic (exact) mass is 636 g/mol. The molecule has 5 aromatic heterocycles. The molecule has 0 spiro atoms. The van der Waals surface area contributed by atoms with E-state index >= 15 is 0 Å². The summed E-state index contributed by atoms with van der Waals surface area (Å²) in [6.45, 7) is 3.55. The summed E-state index contributed by atoms with van der Waals surface area (Å²) in [5, 5.41) is 5.34. The smallest absolute Gasteiger partial charge is 0.339 e. The molecule has 7 rings (SSSR count). The quantitative estimate of drug-likeness (QED) is 0.163. The molecule has 0 aliphatic rings. The van der Waals surface area contributed by atoms with Gasteiger partial charge >= 0.3 is 5.20 Å². The Morgan fingerprint density at radius 3 is 2.21 bits per heavy atom. The number of pyridine rings is 2. The van der Waals surface area contributed by atoms with Crippen LogP contribution < -0.4 is 5.32 Å². The number of hydrogen-bond donors (Lipinski definition) is 3. The molecule has 12 heteroatoms. The molecule has 0 bridgehead atoms. The summed E-state index contributed by atoms with van der Waals surface area (Å²) in [6, 6.07) is 22.0. The number of hydrogen-bond acceptors (Lipinski definition) is 5. The highest BCUT2D eigenvalue weighted by atomic mass is 36.0. The lowest BCUT2D eigenvalue weighted by Gasteiger charge is -2.10. The Morgan fingerprint density at radius 2 is 1.45 bits per heavy atom. The molecule has 0 atom stereocenters. The third kappa shape index (κ3) is 6.75. The molecular formula is C30H24Cl3N6O2P. The van der Waals surface area contributed by atoms with Gasteiger partial charge in [0.05, 0.1) is 5.52 Å². The number of amides is 1. The van der Waals surface area contributed by atoms with Gasteiger partial charge < -0.3 is 15.3 Å². The predicted octanol–water partition coefficient (Wildman–Crippen LogP) is 9.57. The Kier molecular flexibility index (Phi) is 8.80. The minimum absolute atomic E-state index is 0.0770. The van der Waals surface area contributed by atoms with Crippen molar-refractivity contribution in [2.24, 2.45) is 0 Å². The number of H-pyrrole nitrogens is 2. The van der Waals surface area contributed by atoms with Crippen LogP contribution in [0.15, 0.2) is 91.5 Å². The number of nitrogens with zero attached hydrogens (tertiary/aromatic N) is 3. The highest BCUT2D eigenvalue weighted by Crippen LogP contribution is 2.61. The summed E-state index contributed by atoms with van der Waals surface area (Å²) in [6.07, 6.45) is 7.46. The molecular weight excluding hydrogens is 614 g/mol. The number of nitrogens with one attached hydrogen (secondary N) is 3. The van der Waals surface area contributed by atoms with Crippen LogP contribution in [0, 0.1) is 6.92 Å². The predicted molar refractivity (Wildman–Crippen MR) is 175 cm³/mol. The van der Waals surface area contributed by atoms with E-state index in [-0.39, 0.29) is 5.91 Å². The normalized spacial score (nSPS) is 11.2. The number of fused-ring (bicyclic) bond motifs is 3. The van der Waals surface area contributed by atoms with Crippen molar-refractivity contribution in [2.45, 2.75) is 13.8 Å². The van der Waals surface area contributed by atoms with Gasteiger partial charge in [-0.25, -0.2) is 9.97 Å². The molecule has 3 N–H and O–H groups in total. The second-order valence-electron chi connectivity index (χ2n) is 9.23. The summed E-state index contributed by atoms with van der Waals surface area (Å²) in [4.78, 5) is 31.0. The van der Waals surface area contributed by atoms with Crippen LogP contribution in [0.25, 0.3) is 54.9 Å². The number of anilines is 1. The summed E-state index contributed by atoms with van der Waals surface area (Å²) in [5.41, 5.74) is 6.66. The van der Waals surface area contributed by atoms with Crippen molar-refractivity contribution in [3.63, 3.8) is 0 Å². The number of rotatable bonds is 2. The number of halogens is 3. The molecule has 2 aromatic carbocycles. The Morgan fingerprint density at radius 1 is 0.786 bits per heavy atom. The van der Waals surface area contributed by atoms with Crippen LogP contribution in [0.1, 0.15) is 12.6 Å². The molecule has 0 saturated heterocycles. The molecule has 0 aliphatic heterocycles. The fourth-order valence-corrected chi connectivity index (χ4v) is 4.81. The van der Waals surface area contributed by atoms with E-state index in [1.807, 2.05) is 74.0 Å². The van der Waals surface area contributed by atoms with Crippen LogP contribution >= 0.6 is 38.9 Å². The van der Waals surface area contributed by atoms with Gasteiger partial charge in [0.15, 0.2) is 0 Å². The molecule has 0 radical (unpaired) electrons. The highest BCUT2D eigenvalue weighted by molar-refractivity contribution is 8.24. The molecule has 5 heterocycles. The van der Waals surface area contributed by atoms with Crippen LogP contribution in [0.5, 0.6) is 0 Å². The summed E-state index contributed by atoms with van der Waals surface area (Å²) in [7, 11) is 0. The topological polar surface area (TPSA) is 116 Å². The number of aryl methyl sites for hydroxylation is 1. The molecule has 42 heavy (non-hydrogen) atoms. The second kappa shape index (κ2) is 12.5. The maximum Gasteiger partial charge on any atom is 0.339 e. The average molecular weight is 638 g/mol. The minimum Gasteiger partial charge on any atom is -0.346 e. The van der Waals surface area contributed by atoms with Crippen molar-refractivity contribution in [1.29, 1.82) is 0 Å². The zero-order chi connectivity index (χ0) is 29.9. The zero-order valence-corrected chi connectivity index (χ0v) is 25.6. The number of para-hydroxylation sites is 2. The fourth-order valence-electron chi connectivity index (χ4n) is 4.81. The molecule has 0 aliphatic carbocycles. The van der Waals surface area contributed by atoms with Gasteiger partial charge in [-0.2, -0.15) is 0 Å². The Bertz CT molecular complexity index is 2100. The van der Waals surface area contributed by atoms with E-state index < -0.39 is 5.20 Å². The van der Waals surface area contributed by atoms with Gasteiger partial charge in [-0.05, 0) is 81.9 Å². The fraction of sp³-hybridized carbons (Fsp3) is 0.0667. The molecule has 0 saturated carbocycles. The molecule has 8 nitrogen and oxygen atoms in total. The van der Waals surface area contributed by atoms with E-state index in [9.17, 15) is 9.36 Å². The van der Waals surface area contributed by atoms with Gasteiger partial charge in [-0.1, -0.05) is 36.4 Å². The van der Waals surface area contributed by atoms with Gasteiger partial charge in [-0.15, -0.1) is 0 Å². The Labute approximate surface area is 255 Å². The van der Waals surface area contributed by atoms with Crippen molar-refractivity contribution < 1.29 is 9.36 Å². The zero-order valence-electron chi connectivity index (χ0n) is 22.4. The molecule has 0 unspecified atom stereocenters. The first-order chi connectivity index (χ1) is 20.1. The first-order valence-corrected chi connectivity index (χ1v) is 17.1. The summed E-state index contributed by atoms with van der Waals surface area (Å²) >= 11 is 13.8. The van der Waals surface area contributed by atoms with Crippen LogP contribution in [-0.4, -0.2) is 30.8 Å². The van der Waals surface area contributed by atoms with Crippen molar-refractivity contribution in [3.05, 3.63) is 97.2 Å². The van der Waals surface area contributed by atoms with Gasteiger partial charge in [-0.3, -0.25) is 14.3 Å². The van der Waals surface area contributed by atoms with E-state index in [1.54, 1.807) is 6.20 Å². The highest BCUT2D eigenvalue weighted by Gasteiger charge is 2.11. The third-order valence-electron chi connectivity index (χ3n) is 6.43. The first-order valence-electron chi connectivity index (χ1n) is 12.7. The molecule has 1 amide bonds. The second-order valence-corrected chi connectivity index (χ2v) is 15.9. The van der Waals surface area contributed by atoms with Gasteiger partial charge in [0.1, 0.15) is 11.3 Å². The van der Waals surface area contributed by atoms with E-state index in [4.69, 9.17) is 4.98 Å². The standard InChI is InChI=1S/C15H13N3O.C15H11N3.Cl3OP/c1-10(19)18-14-5-3-2-4-12(14)11-6-8-16-15-13(11)7-9-17-15;1-9-12-8-17-15-14(12)11(6-7-16-15)10-4-2-3-5-13(10)18-9;1-5(2,3)4/h2-9H,1H3,(H,16,17)(H,18,19);2-8H,1H3,(H,16,17);. The maximum absolute atomic E-state index is 11.3. The van der Waals surface area contributed by atoms with E-state index in [2.05, 4.69) is 77.2 Å². The minimum atomic E-state index is -3.22. The van der Waals surface area contributed by atoms with E-state index in [0.717, 1.165) is 50.1 Å². The van der Waals surface area contributed by atoms with E-state index in [1.165, 1.54) is 23.1 Å². The number of carbonyl (C=O) groups excluding carboxylic acids is 1. The summed E-state index contributed by atoms with van der Waals surface area (Å²) in [5.74, 6) is -0.0770. The lowest BCUT2D eigenvalue weighted by Crippen LogP contribution is -2.06. The molecule has 212 valence electrons. The summed E-state index contributed by atoms with van der Waals surface area (Å²) < 4.78 is 9.51. The van der Waals surface area contributed by atoms with Gasteiger partial charge in [0.25, 0.3) is 0 Å². The molecule has 7 aromatic rings. The lowest BCUT2D eigenvalue weighted by molar-refractivity contribution is -0.114. The number of aromatic nitrogens is 5. The van der Waals surface area contributed by atoms with Gasteiger partial charge in [0, 0.05) is 70.2 Å². The van der Waals surface area contributed by atoms with Crippen LogP contribution in [0.2, 0.25) is 0 Å². The van der Waals surface area contributed by atoms with Gasteiger partial charge in [0.2, 0.25) is 5.91 Å². The maximum atomic E-state index is 11.3. The van der Waals surface area contributed by atoms with Crippen molar-refractivity contribution in [2.75, 3.05) is 5.32 Å².